The SMILES string of the molecule is COc1ncc(C(=O)N2CCC(C#Cc3cccn4c(N5CCC(=O)N(C)C5=O)cnc34)CC2)cc1-c1nc2c(n1C(C)C)[C@H](c1ccc(Cl)cc1)N(c1cc(Cl)cn(C)c1=O)C2=O. The summed E-state index contributed by atoms with van der Waals surface area (Å²) in [6.07, 6.45) is 7.92. The number of amides is 5. The Morgan fingerprint density at radius 1 is 0.938 bits per heavy atom. The van der Waals surface area contributed by atoms with E-state index >= 15 is 0 Å². The predicted octanol–water partition coefficient (Wildman–Crippen LogP) is 6.63. The highest BCUT2D eigenvalue weighted by Gasteiger charge is 2.46. The van der Waals surface area contributed by atoms with E-state index in [0.717, 1.165) is 4.90 Å². The Kier molecular flexibility index (Phi) is 11.0. The Bertz CT molecular complexity index is 3030. The van der Waals surface area contributed by atoms with Crippen molar-refractivity contribution in [2.75, 3.05) is 43.6 Å². The van der Waals surface area contributed by atoms with E-state index in [-0.39, 0.29) is 59.0 Å². The molecular formula is C46H42Cl2N10O6. The minimum Gasteiger partial charge on any atom is -0.480 e. The fourth-order valence-electron chi connectivity index (χ4n) is 8.70. The highest BCUT2D eigenvalue weighted by atomic mass is 35.5. The number of piperidine rings is 1. The van der Waals surface area contributed by atoms with E-state index in [1.165, 1.54) is 47.0 Å². The minimum atomic E-state index is -0.784. The van der Waals surface area contributed by atoms with Crippen LogP contribution in [0.15, 0.2) is 78.1 Å². The van der Waals surface area contributed by atoms with E-state index in [9.17, 15) is 24.0 Å². The molecule has 3 aliphatic rings. The highest BCUT2D eigenvalue weighted by Crippen LogP contribution is 2.45. The molecule has 6 aromatic rings. The molecular weight excluding hydrogens is 859 g/mol. The fourth-order valence-corrected chi connectivity index (χ4v) is 9.08. The van der Waals surface area contributed by atoms with Gasteiger partial charge in [-0.1, -0.05) is 47.2 Å². The molecule has 3 aliphatic heterocycles. The average Bonchev–Trinajstić information content (AvgIpc) is 3.98. The molecule has 1 aromatic carbocycles. The summed E-state index contributed by atoms with van der Waals surface area (Å²) in [5, 5.41) is 0.790. The Labute approximate surface area is 377 Å². The summed E-state index contributed by atoms with van der Waals surface area (Å²) >= 11 is 12.8. The van der Waals surface area contributed by atoms with Crippen molar-refractivity contribution in [3.63, 3.8) is 0 Å². The number of aromatic nitrogens is 6. The zero-order valence-electron chi connectivity index (χ0n) is 35.6. The third-order valence-electron chi connectivity index (χ3n) is 11.9. The zero-order chi connectivity index (χ0) is 45.1. The third-order valence-corrected chi connectivity index (χ3v) is 12.4. The van der Waals surface area contributed by atoms with Crippen LogP contribution >= 0.6 is 23.2 Å². The summed E-state index contributed by atoms with van der Waals surface area (Å²) in [7, 11) is 4.53. The van der Waals surface area contributed by atoms with Gasteiger partial charge in [0.05, 0.1) is 40.7 Å². The number of carbonyl (C=O) groups is 4. The van der Waals surface area contributed by atoms with Gasteiger partial charge in [0.2, 0.25) is 11.8 Å². The normalized spacial score (nSPS) is 16.8. The number of pyridine rings is 3. The maximum absolute atomic E-state index is 14.6. The van der Waals surface area contributed by atoms with Gasteiger partial charge in [0, 0.05) is 75.7 Å². The molecule has 0 radical (unpaired) electrons. The Hall–Kier alpha value is -6.96. The van der Waals surface area contributed by atoms with E-state index in [1.54, 1.807) is 40.7 Å². The number of ether oxygens (including phenoxy) is 1. The van der Waals surface area contributed by atoms with Gasteiger partial charge in [-0.2, -0.15) is 0 Å². The fraction of sp³-hybridized carbons (Fsp3) is 0.304. The number of imide groups is 1. The van der Waals surface area contributed by atoms with Crippen LogP contribution in [0.1, 0.15) is 82.9 Å². The lowest BCUT2D eigenvalue weighted by molar-refractivity contribution is -0.127. The summed E-state index contributed by atoms with van der Waals surface area (Å²) in [4.78, 5) is 87.2. The number of aryl methyl sites for hydroxylation is 1. The van der Waals surface area contributed by atoms with Crippen molar-refractivity contribution < 1.29 is 23.9 Å². The number of hydrogen-bond acceptors (Lipinski definition) is 9. The maximum atomic E-state index is 14.6. The number of fused-ring (bicyclic) bond motifs is 2. The van der Waals surface area contributed by atoms with Crippen LogP contribution in [0.4, 0.5) is 16.3 Å². The van der Waals surface area contributed by atoms with Crippen LogP contribution in [0.2, 0.25) is 10.0 Å². The van der Waals surface area contributed by atoms with Crippen molar-refractivity contribution in [3.05, 3.63) is 122 Å². The second-order valence-corrected chi connectivity index (χ2v) is 17.1. The Morgan fingerprint density at radius 3 is 2.41 bits per heavy atom. The molecule has 0 bridgehead atoms. The van der Waals surface area contributed by atoms with Gasteiger partial charge in [-0.3, -0.25) is 38.3 Å². The number of halogens is 2. The molecule has 326 valence electrons. The lowest BCUT2D eigenvalue weighted by Crippen LogP contribution is -2.50. The molecule has 0 spiro atoms. The van der Waals surface area contributed by atoms with E-state index in [4.69, 9.17) is 32.9 Å². The van der Waals surface area contributed by atoms with Gasteiger partial charge in [-0.15, -0.1) is 0 Å². The quantitative estimate of drug-likeness (QED) is 0.160. The molecule has 2 saturated heterocycles. The number of methoxy groups -OCH3 is 1. The first kappa shape index (κ1) is 42.3. The number of nitrogens with zero attached hydrogens (tertiary/aromatic N) is 10. The van der Waals surface area contributed by atoms with Gasteiger partial charge in [0.15, 0.2) is 11.3 Å². The number of anilines is 2. The second kappa shape index (κ2) is 16.6. The van der Waals surface area contributed by atoms with Crippen LogP contribution in [-0.2, 0) is 11.8 Å². The van der Waals surface area contributed by atoms with Gasteiger partial charge in [-0.05, 0) is 68.7 Å². The van der Waals surface area contributed by atoms with E-state index in [0.29, 0.717) is 76.2 Å². The first-order valence-corrected chi connectivity index (χ1v) is 21.5. The Morgan fingerprint density at radius 2 is 1.69 bits per heavy atom. The maximum Gasteiger partial charge on any atom is 0.332 e. The van der Waals surface area contributed by atoms with Crippen LogP contribution in [0.5, 0.6) is 5.88 Å². The lowest BCUT2D eigenvalue weighted by Gasteiger charge is -2.31. The zero-order valence-corrected chi connectivity index (χ0v) is 37.1. The van der Waals surface area contributed by atoms with Crippen molar-refractivity contribution in [1.29, 1.82) is 0 Å². The van der Waals surface area contributed by atoms with Crippen LogP contribution in [0, 0.1) is 17.8 Å². The summed E-state index contributed by atoms with van der Waals surface area (Å²) in [6.45, 7) is 5.12. The monoisotopic (exact) mass is 900 g/mol. The number of rotatable bonds is 7. The van der Waals surface area contributed by atoms with Crippen LogP contribution in [-0.4, -0.2) is 95.8 Å². The molecule has 16 nitrogen and oxygen atoms in total. The molecule has 0 saturated carbocycles. The van der Waals surface area contributed by atoms with Gasteiger partial charge in [0.1, 0.15) is 23.4 Å². The molecule has 18 heteroatoms. The van der Waals surface area contributed by atoms with Crippen molar-refractivity contribution >= 4 is 64.1 Å². The molecule has 64 heavy (non-hydrogen) atoms. The molecule has 5 amide bonds. The summed E-state index contributed by atoms with van der Waals surface area (Å²) < 4.78 is 10.8. The number of urea groups is 1. The van der Waals surface area contributed by atoms with Gasteiger partial charge in [0.25, 0.3) is 17.4 Å². The number of imidazole rings is 2. The molecule has 8 heterocycles. The average molecular weight is 902 g/mol. The third kappa shape index (κ3) is 7.24. The standard InChI is InChI=1S/C46H42Cl2N10O6/c1-26(2)57-39-37(45(62)58(34-22-32(48)25-52(3)44(34)61)38(39)28-10-12-31(47)13-11-28)51-41(57)33-21-30(23-50-42(33)64-5)43(60)54-18-14-27(15-19-54)8-9-29-7-6-17-55-35(24-49-40(29)55)56-20-16-36(59)53(4)46(56)63/h6-7,10-13,17,21-27,38H,14-16,18-20H2,1-5H3/t38-/m0/s1. The van der Waals surface area contributed by atoms with Gasteiger partial charge in [-0.25, -0.2) is 19.7 Å². The van der Waals surface area contributed by atoms with Crippen molar-refractivity contribution in [2.24, 2.45) is 13.0 Å². The summed E-state index contributed by atoms with van der Waals surface area (Å²) in [6, 6.07) is 12.6. The van der Waals surface area contributed by atoms with Crippen molar-refractivity contribution in [2.45, 2.75) is 45.2 Å². The number of hydrogen-bond donors (Lipinski definition) is 0. The number of carbonyl (C=O) groups excluding carboxylic acids is 4. The summed E-state index contributed by atoms with van der Waals surface area (Å²) in [5.74, 6) is 6.92. The van der Waals surface area contributed by atoms with E-state index < -0.39 is 23.5 Å². The van der Waals surface area contributed by atoms with E-state index in [1.807, 2.05) is 48.9 Å². The first-order chi connectivity index (χ1) is 30.7. The van der Waals surface area contributed by atoms with Crippen molar-refractivity contribution in [1.82, 2.24) is 38.3 Å². The molecule has 2 fully saturated rings. The van der Waals surface area contributed by atoms with Crippen LogP contribution in [0.25, 0.3) is 17.0 Å². The van der Waals surface area contributed by atoms with Crippen LogP contribution < -0.4 is 20.1 Å². The molecule has 5 aromatic heterocycles. The second-order valence-electron chi connectivity index (χ2n) is 16.2. The first-order valence-electron chi connectivity index (χ1n) is 20.7. The molecule has 0 N–H and O–H groups in total. The highest BCUT2D eigenvalue weighted by molar-refractivity contribution is 6.31. The summed E-state index contributed by atoms with van der Waals surface area (Å²) in [5.41, 5.74) is 3.12. The number of benzene rings is 1. The van der Waals surface area contributed by atoms with Gasteiger partial charge < -0.3 is 18.8 Å². The largest absolute Gasteiger partial charge is 0.480 e. The topological polar surface area (TPSA) is 160 Å². The van der Waals surface area contributed by atoms with Crippen molar-refractivity contribution in [3.8, 4) is 29.1 Å². The molecule has 0 aliphatic carbocycles. The number of likely N-dealkylation sites (tertiary alicyclic amines) is 1. The Balaban J connectivity index is 0.984. The minimum absolute atomic E-state index is 0.0188. The molecule has 0 unspecified atom stereocenters. The smallest absolute Gasteiger partial charge is 0.332 e. The predicted molar refractivity (Wildman–Crippen MR) is 240 cm³/mol. The lowest BCUT2D eigenvalue weighted by atomic mass is 9.96. The van der Waals surface area contributed by atoms with Crippen LogP contribution in [0.3, 0.4) is 0 Å². The molecule has 9 rings (SSSR count). The molecule has 1 atom stereocenters. The van der Waals surface area contributed by atoms with E-state index in [2.05, 4.69) is 21.8 Å². The van der Waals surface area contributed by atoms with Gasteiger partial charge >= 0.3 is 6.03 Å².